The van der Waals surface area contributed by atoms with E-state index in [0.717, 1.165) is 33.9 Å². The van der Waals surface area contributed by atoms with Gasteiger partial charge in [0.1, 0.15) is 37.1 Å². The van der Waals surface area contributed by atoms with E-state index in [-0.39, 0.29) is 37.9 Å². The lowest BCUT2D eigenvalue weighted by Gasteiger charge is -2.11. The van der Waals surface area contributed by atoms with Crippen molar-refractivity contribution >= 4 is 0 Å². The number of methoxy groups -OCH3 is 3. The monoisotopic (exact) mass is 489 g/mol. The fourth-order valence-electron chi connectivity index (χ4n) is 3.12. The normalized spacial score (nSPS) is 10.4. The van der Waals surface area contributed by atoms with E-state index in [2.05, 4.69) is 15.0 Å². The third-order valence-corrected chi connectivity index (χ3v) is 5.15. The lowest BCUT2D eigenvalue weighted by Crippen LogP contribution is -2.07. The molecule has 0 bridgehead atoms. The molecule has 3 aromatic carbocycles. The summed E-state index contributed by atoms with van der Waals surface area (Å²) in [6.45, 7) is 0.761. The number of hydrogen-bond acceptors (Lipinski definition) is 9. The van der Waals surface area contributed by atoms with Crippen molar-refractivity contribution in [1.29, 1.82) is 0 Å². The van der Waals surface area contributed by atoms with E-state index < -0.39 is 0 Å². The molecular formula is C27H27N3O6. The van der Waals surface area contributed by atoms with Crippen LogP contribution in [0.5, 0.6) is 35.3 Å². The second-order valence-corrected chi connectivity index (χ2v) is 7.59. The summed E-state index contributed by atoms with van der Waals surface area (Å²) in [5.74, 6) is 2.30. The molecule has 9 nitrogen and oxygen atoms in total. The number of ether oxygens (including phenoxy) is 6. The molecule has 0 unspecified atom stereocenters. The van der Waals surface area contributed by atoms with Crippen LogP contribution in [0.3, 0.4) is 0 Å². The SMILES string of the molecule is COc1ccc(COc2nc(OCc3ccc(OC)cc3)nc(OCc3ccc(OC)cc3)n2)cc1. The van der Waals surface area contributed by atoms with Gasteiger partial charge in [-0.1, -0.05) is 36.4 Å². The first kappa shape index (κ1) is 24.6. The summed E-state index contributed by atoms with van der Waals surface area (Å²) in [5, 5.41) is 0. The molecule has 4 aromatic rings. The average Bonchev–Trinajstić information content (AvgIpc) is 2.94. The van der Waals surface area contributed by atoms with Gasteiger partial charge in [-0.05, 0) is 53.1 Å². The molecule has 0 saturated heterocycles. The average molecular weight is 490 g/mol. The third-order valence-electron chi connectivity index (χ3n) is 5.15. The quantitative estimate of drug-likeness (QED) is 0.282. The Bertz CT molecular complexity index is 1060. The highest BCUT2D eigenvalue weighted by atomic mass is 16.5. The molecule has 0 spiro atoms. The lowest BCUT2D eigenvalue weighted by molar-refractivity contribution is 0.223. The van der Waals surface area contributed by atoms with Crippen LogP contribution in [-0.4, -0.2) is 36.3 Å². The second kappa shape index (κ2) is 12.3. The highest BCUT2D eigenvalue weighted by molar-refractivity contribution is 5.29. The second-order valence-electron chi connectivity index (χ2n) is 7.59. The first-order valence-corrected chi connectivity index (χ1v) is 11.2. The Labute approximate surface area is 209 Å². The fraction of sp³-hybridized carbons (Fsp3) is 0.222. The van der Waals surface area contributed by atoms with Crippen molar-refractivity contribution in [3.63, 3.8) is 0 Å². The van der Waals surface area contributed by atoms with Crippen LogP contribution in [0.15, 0.2) is 72.8 Å². The third kappa shape index (κ3) is 6.99. The van der Waals surface area contributed by atoms with E-state index in [1.54, 1.807) is 21.3 Å². The maximum Gasteiger partial charge on any atom is 0.326 e. The molecule has 186 valence electrons. The van der Waals surface area contributed by atoms with Crippen LogP contribution >= 0.6 is 0 Å². The summed E-state index contributed by atoms with van der Waals surface area (Å²) < 4.78 is 33.0. The minimum atomic E-state index is 0.0929. The van der Waals surface area contributed by atoms with Crippen molar-refractivity contribution in [3.8, 4) is 35.3 Å². The summed E-state index contributed by atoms with van der Waals surface area (Å²) in [6, 6.07) is 22.9. The van der Waals surface area contributed by atoms with E-state index in [9.17, 15) is 0 Å². The van der Waals surface area contributed by atoms with Crippen molar-refractivity contribution in [2.45, 2.75) is 19.8 Å². The highest BCUT2D eigenvalue weighted by Crippen LogP contribution is 2.20. The van der Waals surface area contributed by atoms with E-state index in [1.807, 2.05) is 72.8 Å². The van der Waals surface area contributed by atoms with E-state index in [4.69, 9.17) is 28.4 Å². The van der Waals surface area contributed by atoms with Gasteiger partial charge < -0.3 is 28.4 Å². The molecule has 0 aliphatic heterocycles. The Morgan fingerprint density at radius 3 is 0.889 bits per heavy atom. The minimum Gasteiger partial charge on any atom is -0.497 e. The summed E-state index contributed by atoms with van der Waals surface area (Å²) in [5.41, 5.74) is 2.79. The van der Waals surface area contributed by atoms with Crippen LogP contribution < -0.4 is 28.4 Å². The van der Waals surface area contributed by atoms with Gasteiger partial charge in [0.2, 0.25) is 0 Å². The summed E-state index contributed by atoms with van der Waals surface area (Å²) >= 11 is 0. The molecule has 0 amide bonds. The number of nitrogens with zero attached hydrogens (tertiary/aromatic N) is 3. The number of aromatic nitrogens is 3. The van der Waals surface area contributed by atoms with Gasteiger partial charge in [-0.25, -0.2) is 0 Å². The van der Waals surface area contributed by atoms with Crippen LogP contribution in [0.1, 0.15) is 16.7 Å². The molecule has 0 radical (unpaired) electrons. The summed E-state index contributed by atoms with van der Waals surface area (Å²) in [4.78, 5) is 12.9. The molecule has 0 fully saturated rings. The topological polar surface area (TPSA) is 94.1 Å². The lowest BCUT2D eigenvalue weighted by atomic mass is 10.2. The van der Waals surface area contributed by atoms with Crippen molar-refractivity contribution in [2.24, 2.45) is 0 Å². The molecule has 0 N–H and O–H groups in total. The van der Waals surface area contributed by atoms with Gasteiger partial charge in [-0.15, -0.1) is 15.0 Å². The van der Waals surface area contributed by atoms with Crippen molar-refractivity contribution in [1.82, 2.24) is 15.0 Å². The van der Waals surface area contributed by atoms with Crippen LogP contribution in [0, 0.1) is 0 Å². The molecule has 36 heavy (non-hydrogen) atoms. The summed E-state index contributed by atoms with van der Waals surface area (Å²) in [6.07, 6.45) is 0. The van der Waals surface area contributed by atoms with E-state index >= 15 is 0 Å². The molecule has 0 atom stereocenters. The van der Waals surface area contributed by atoms with Gasteiger partial charge in [-0.2, -0.15) is 0 Å². The molecule has 4 rings (SSSR count). The highest BCUT2D eigenvalue weighted by Gasteiger charge is 2.12. The molecule has 1 aromatic heterocycles. The van der Waals surface area contributed by atoms with Gasteiger partial charge in [0, 0.05) is 0 Å². The van der Waals surface area contributed by atoms with Gasteiger partial charge in [-0.3, -0.25) is 0 Å². The number of rotatable bonds is 12. The van der Waals surface area contributed by atoms with E-state index in [0.29, 0.717) is 0 Å². The predicted octanol–water partition coefficient (Wildman–Crippen LogP) is 4.63. The maximum absolute atomic E-state index is 5.82. The van der Waals surface area contributed by atoms with Gasteiger partial charge in [0.05, 0.1) is 21.3 Å². The first-order valence-electron chi connectivity index (χ1n) is 11.2. The fourth-order valence-corrected chi connectivity index (χ4v) is 3.12. The van der Waals surface area contributed by atoms with Gasteiger partial charge in [0.15, 0.2) is 0 Å². The molecule has 1 heterocycles. The molecule has 0 aliphatic rings. The Hall–Kier alpha value is -4.53. The zero-order valence-electron chi connectivity index (χ0n) is 20.3. The molecule has 0 aliphatic carbocycles. The van der Waals surface area contributed by atoms with Crippen LogP contribution in [0.25, 0.3) is 0 Å². The molecular weight excluding hydrogens is 462 g/mol. The molecule has 9 heteroatoms. The standard InChI is InChI=1S/C27H27N3O6/c1-31-22-10-4-19(5-11-22)16-34-25-28-26(35-17-20-6-12-23(32-2)13-7-20)30-27(29-25)36-18-21-8-14-24(33-3)15-9-21/h4-15H,16-18H2,1-3H3. The Balaban J connectivity index is 1.46. The largest absolute Gasteiger partial charge is 0.497 e. The Morgan fingerprint density at radius 2 is 0.667 bits per heavy atom. The van der Waals surface area contributed by atoms with Crippen molar-refractivity contribution in [3.05, 3.63) is 89.5 Å². The minimum absolute atomic E-state index is 0.0929. The predicted molar refractivity (Wildman–Crippen MR) is 132 cm³/mol. The van der Waals surface area contributed by atoms with Crippen molar-refractivity contribution in [2.75, 3.05) is 21.3 Å². The Morgan fingerprint density at radius 1 is 0.417 bits per heavy atom. The van der Waals surface area contributed by atoms with Crippen LogP contribution in [0.4, 0.5) is 0 Å². The Kier molecular flexibility index (Phi) is 8.37. The smallest absolute Gasteiger partial charge is 0.326 e. The van der Waals surface area contributed by atoms with Crippen LogP contribution in [0.2, 0.25) is 0 Å². The van der Waals surface area contributed by atoms with E-state index in [1.165, 1.54) is 0 Å². The number of benzene rings is 3. The van der Waals surface area contributed by atoms with Crippen molar-refractivity contribution < 1.29 is 28.4 Å². The molecule has 0 saturated carbocycles. The van der Waals surface area contributed by atoms with Gasteiger partial charge >= 0.3 is 18.0 Å². The maximum atomic E-state index is 5.82. The summed E-state index contributed by atoms with van der Waals surface area (Å²) in [7, 11) is 4.87. The zero-order chi connectivity index (χ0) is 25.2. The van der Waals surface area contributed by atoms with Gasteiger partial charge in [0.25, 0.3) is 0 Å². The number of hydrogen-bond donors (Lipinski definition) is 0. The first-order chi connectivity index (χ1) is 17.6. The van der Waals surface area contributed by atoms with Crippen LogP contribution in [-0.2, 0) is 19.8 Å². The zero-order valence-corrected chi connectivity index (χ0v) is 20.3.